The van der Waals surface area contributed by atoms with Crippen molar-refractivity contribution < 1.29 is 4.79 Å². The molecule has 3 heterocycles. The Labute approximate surface area is 135 Å². The van der Waals surface area contributed by atoms with Crippen LogP contribution in [0.2, 0.25) is 0 Å². The molecule has 1 saturated carbocycles. The van der Waals surface area contributed by atoms with E-state index >= 15 is 0 Å². The first kappa shape index (κ1) is 14.4. The third kappa shape index (κ3) is 2.64. The molecule has 1 saturated heterocycles. The van der Waals surface area contributed by atoms with Crippen LogP contribution in [0.15, 0.2) is 12.4 Å². The minimum atomic E-state index is 0.305. The molecule has 2 aromatic rings. The van der Waals surface area contributed by atoms with Crippen LogP contribution in [0.3, 0.4) is 0 Å². The number of carbonyl (C=O) groups excluding carboxylic acids is 1. The zero-order chi connectivity index (χ0) is 16.0. The van der Waals surface area contributed by atoms with Crippen LogP contribution in [-0.4, -0.2) is 56.6 Å². The van der Waals surface area contributed by atoms with Crippen molar-refractivity contribution in [1.29, 1.82) is 0 Å². The first-order valence-corrected chi connectivity index (χ1v) is 8.38. The molecule has 0 aromatic carbocycles. The van der Waals surface area contributed by atoms with Gasteiger partial charge in [0.15, 0.2) is 0 Å². The number of fused-ring (bicyclic) bond motifs is 1. The Bertz CT molecular complexity index is 727. The molecule has 0 unspecified atom stereocenters. The van der Waals surface area contributed by atoms with Crippen molar-refractivity contribution in [1.82, 2.24) is 24.5 Å². The second kappa shape index (κ2) is 5.47. The number of carbonyl (C=O) groups is 1. The van der Waals surface area contributed by atoms with Crippen LogP contribution in [0.4, 0.5) is 5.82 Å². The molecule has 0 radical (unpaired) electrons. The topological polar surface area (TPSA) is 66.6 Å². The van der Waals surface area contributed by atoms with E-state index in [2.05, 4.69) is 40.0 Å². The molecule has 2 aromatic heterocycles. The van der Waals surface area contributed by atoms with Gasteiger partial charge in [-0.25, -0.2) is 0 Å². The fourth-order valence-corrected chi connectivity index (χ4v) is 3.18. The van der Waals surface area contributed by atoms with Crippen LogP contribution in [0.1, 0.15) is 38.3 Å². The van der Waals surface area contributed by atoms with E-state index in [9.17, 15) is 4.79 Å². The van der Waals surface area contributed by atoms with Crippen LogP contribution >= 0.6 is 0 Å². The number of hydrogen-bond acceptors (Lipinski definition) is 5. The van der Waals surface area contributed by atoms with Gasteiger partial charge >= 0.3 is 0 Å². The van der Waals surface area contributed by atoms with E-state index in [4.69, 9.17) is 0 Å². The van der Waals surface area contributed by atoms with Gasteiger partial charge in [-0.2, -0.15) is 4.98 Å². The summed E-state index contributed by atoms with van der Waals surface area (Å²) < 4.78 is 1.95. The fourth-order valence-electron chi connectivity index (χ4n) is 3.18. The summed E-state index contributed by atoms with van der Waals surface area (Å²) in [6.07, 6.45) is 3.86. The maximum Gasteiger partial charge on any atom is 0.256 e. The summed E-state index contributed by atoms with van der Waals surface area (Å²) in [4.78, 5) is 21.0. The summed E-state index contributed by atoms with van der Waals surface area (Å²) in [5.41, 5.74) is 1.16. The Morgan fingerprint density at radius 2 is 1.96 bits per heavy atom. The van der Waals surface area contributed by atoms with Gasteiger partial charge in [0.2, 0.25) is 5.91 Å². The molecule has 1 amide bonds. The highest BCUT2D eigenvalue weighted by Gasteiger charge is 2.34. The van der Waals surface area contributed by atoms with Gasteiger partial charge in [-0.05, 0) is 18.8 Å². The average molecular weight is 314 g/mol. The lowest BCUT2D eigenvalue weighted by molar-refractivity contribution is -0.132. The Kier molecular flexibility index (Phi) is 3.43. The van der Waals surface area contributed by atoms with Crippen molar-refractivity contribution in [3.05, 3.63) is 18.1 Å². The number of rotatable bonds is 3. The Balaban J connectivity index is 1.54. The van der Waals surface area contributed by atoms with E-state index in [-0.39, 0.29) is 0 Å². The zero-order valence-corrected chi connectivity index (χ0v) is 13.6. The lowest BCUT2D eigenvalue weighted by Crippen LogP contribution is -2.49. The molecule has 0 N–H and O–H groups in total. The number of aromatic nitrogens is 4. The van der Waals surface area contributed by atoms with E-state index in [1.54, 1.807) is 6.33 Å². The fraction of sp³-hybridized carbons (Fsp3) is 0.625. The van der Waals surface area contributed by atoms with Gasteiger partial charge in [0, 0.05) is 43.9 Å². The van der Waals surface area contributed by atoms with Crippen molar-refractivity contribution >= 4 is 17.5 Å². The van der Waals surface area contributed by atoms with E-state index in [0.29, 0.717) is 23.5 Å². The summed E-state index contributed by atoms with van der Waals surface area (Å²) in [7, 11) is 0. The Hall–Kier alpha value is -2.18. The van der Waals surface area contributed by atoms with Crippen LogP contribution in [-0.2, 0) is 4.79 Å². The van der Waals surface area contributed by atoms with Crippen LogP contribution in [0, 0.1) is 5.92 Å². The van der Waals surface area contributed by atoms with Gasteiger partial charge in [-0.1, -0.05) is 13.8 Å². The molecule has 7 nitrogen and oxygen atoms in total. The molecule has 0 bridgehead atoms. The van der Waals surface area contributed by atoms with Gasteiger partial charge in [0.1, 0.15) is 12.1 Å². The minimum Gasteiger partial charge on any atom is -0.353 e. The van der Waals surface area contributed by atoms with Crippen molar-refractivity contribution in [2.24, 2.45) is 5.92 Å². The number of amides is 1. The second-order valence-electron chi connectivity index (χ2n) is 6.78. The molecule has 1 aliphatic carbocycles. The number of anilines is 1. The predicted molar refractivity (Wildman–Crippen MR) is 86.4 cm³/mol. The Morgan fingerprint density at radius 1 is 1.22 bits per heavy atom. The molecule has 122 valence electrons. The van der Waals surface area contributed by atoms with E-state index < -0.39 is 0 Å². The second-order valence-corrected chi connectivity index (χ2v) is 6.78. The van der Waals surface area contributed by atoms with E-state index in [1.807, 2.05) is 9.30 Å². The molecule has 0 atom stereocenters. The molecule has 0 spiro atoms. The monoisotopic (exact) mass is 314 g/mol. The molecule has 1 aliphatic heterocycles. The van der Waals surface area contributed by atoms with Crippen LogP contribution in [0.5, 0.6) is 0 Å². The zero-order valence-electron chi connectivity index (χ0n) is 13.6. The normalized spacial score (nSPS) is 18.9. The van der Waals surface area contributed by atoms with E-state index in [0.717, 1.165) is 50.5 Å². The SMILES string of the molecule is CC(C)c1cc(N2CCN(C(=O)C3CC3)CC2)nc2nncn12. The molecule has 2 aliphatic rings. The van der Waals surface area contributed by atoms with Gasteiger partial charge < -0.3 is 9.80 Å². The van der Waals surface area contributed by atoms with Crippen LogP contribution in [0.25, 0.3) is 5.78 Å². The van der Waals surface area contributed by atoms with Crippen LogP contribution < -0.4 is 4.90 Å². The highest BCUT2D eigenvalue weighted by atomic mass is 16.2. The average Bonchev–Trinajstić information content (AvgIpc) is 3.30. The first-order valence-electron chi connectivity index (χ1n) is 8.38. The van der Waals surface area contributed by atoms with E-state index in [1.165, 1.54) is 0 Å². The quantitative estimate of drug-likeness (QED) is 0.854. The van der Waals surface area contributed by atoms with Gasteiger partial charge in [-0.15, -0.1) is 10.2 Å². The maximum atomic E-state index is 12.2. The summed E-state index contributed by atoms with van der Waals surface area (Å²) >= 11 is 0. The van der Waals surface area contributed by atoms with Gasteiger partial charge in [0.05, 0.1) is 0 Å². The smallest absolute Gasteiger partial charge is 0.256 e. The maximum absolute atomic E-state index is 12.2. The molecular weight excluding hydrogens is 292 g/mol. The Morgan fingerprint density at radius 3 is 2.61 bits per heavy atom. The number of piperazine rings is 1. The highest BCUT2D eigenvalue weighted by Crippen LogP contribution is 2.31. The van der Waals surface area contributed by atoms with Crippen molar-refractivity contribution in [2.45, 2.75) is 32.6 Å². The van der Waals surface area contributed by atoms with Crippen molar-refractivity contribution in [3.63, 3.8) is 0 Å². The summed E-state index contributed by atoms with van der Waals surface area (Å²) in [6.45, 7) is 7.54. The molecular formula is C16H22N6O. The van der Waals surface area contributed by atoms with Crippen molar-refractivity contribution in [3.8, 4) is 0 Å². The largest absolute Gasteiger partial charge is 0.353 e. The molecule has 23 heavy (non-hydrogen) atoms. The number of nitrogens with zero attached hydrogens (tertiary/aromatic N) is 6. The minimum absolute atomic E-state index is 0.305. The lowest BCUT2D eigenvalue weighted by atomic mass is 10.1. The molecule has 4 rings (SSSR count). The molecule has 2 fully saturated rings. The predicted octanol–water partition coefficient (Wildman–Crippen LogP) is 1.31. The highest BCUT2D eigenvalue weighted by molar-refractivity contribution is 5.81. The third-order valence-corrected chi connectivity index (χ3v) is 4.73. The van der Waals surface area contributed by atoms with Crippen molar-refractivity contribution in [2.75, 3.05) is 31.1 Å². The third-order valence-electron chi connectivity index (χ3n) is 4.73. The molecule has 7 heteroatoms. The summed E-state index contributed by atoms with van der Waals surface area (Å²) in [6, 6.07) is 2.12. The standard InChI is InChI=1S/C16H22N6O/c1-11(2)13-9-14(18-16-19-17-10-22(13)16)20-5-7-21(8-6-20)15(23)12-3-4-12/h9-12H,3-8H2,1-2H3. The lowest BCUT2D eigenvalue weighted by Gasteiger charge is -2.35. The first-order chi connectivity index (χ1) is 11.1. The van der Waals surface area contributed by atoms with Gasteiger partial charge in [-0.3, -0.25) is 9.20 Å². The van der Waals surface area contributed by atoms with Gasteiger partial charge in [0.25, 0.3) is 5.78 Å². The summed E-state index contributed by atoms with van der Waals surface area (Å²) in [5.74, 6) is 2.59. The summed E-state index contributed by atoms with van der Waals surface area (Å²) in [5, 5.41) is 8.07. The number of hydrogen-bond donors (Lipinski definition) is 0.